The molecule has 1 amide bonds. The molecule has 108 valence electrons. The lowest BCUT2D eigenvalue weighted by Gasteiger charge is -2.17. The Bertz CT molecular complexity index is 556. The highest BCUT2D eigenvalue weighted by Gasteiger charge is 2.25. The number of carboxylic acids is 1. The molecule has 1 rings (SSSR count). The van der Waals surface area contributed by atoms with Gasteiger partial charge in [0.2, 0.25) is 0 Å². The maximum atomic E-state index is 11.9. The molecule has 1 aromatic carbocycles. The standard InChI is InChI=1S/C12H15N3O5/c1-6(2)10(12(17)18)14-11(16)7-3-4-8(13)9(5-7)15(19)20/h3-6,10H,13H2,1-2H3,(H,14,16)(H,17,18). The maximum Gasteiger partial charge on any atom is 0.326 e. The average Bonchev–Trinajstić information content (AvgIpc) is 2.34. The van der Waals surface area contributed by atoms with Crippen LogP contribution >= 0.6 is 0 Å². The molecule has 20 heavy (non-hydrogen) atoms. The SMILES string of the molecule is CC(C)C(NC(=O)c1ccc(N)c([N+](=O)[O-])c1)C(=O)O. The van der Waals surface area contributed by atoms with E-state index in [1.807, 2.05) is 0 Å². The van der Waals surface area contributed by atoms with E-state index in [2.05, 4.69) is 5.32 Å². The number of nitrogens with zero attached hydrogens (tertiary/aromatic N) is 1. The molecule has 0 heterocycles. The van der Waals surface area contributed by atoms with Crippen LogP contribution in [0, 0.1) is 16.0 Å². The van der Waals surface area contributed by atoms with Crippen LogP contribution in [0.4, 0.5) is 11.4 Å². The summed E-state index contributed by atoms with van der Waals surface area (Å²) in [5, 5.41) is 22.0. The van der Waals surface area contributed by atoms with Crippen molar-refractivity contribution in [2.45, 2.75) is 19.9 Å². The first-order valence-electron chi connectivity index (χ1n) is 5.81. The molecular weight excluding hydrogens is 266 g/mol. The summed E-state index contributed by atoms with van der Waals surface area (Å²) >= 11 is 0. The van der Waals surface area contributed by atoms with Crippen molar-refractivity contribution in [1.82, 2.24) is 5.32 Å². The number of carboxylic acid groups (broad SMARTS) is 1. The van der Waals surface area contributed by atoms with Crippen molar-refractivity contribution >= 4 is 23.3 Å². The van der Waals surface area contributed by atoms with Crippen molar-refractivity contribution in [1.29, 1.82) is 0 Å². The monoisotopic (exact) mass is 281 g/mol. The molecule has 1 atom stereocenters. The van der Waals surface area contributed by atoms with Gasteiger partial charge >= 0.3 is 5.97 Å². The molecule has 0 fully saturated rings. The summed E-state index contributed by atoms with van der Waals surface area (Å²) < 4.78 is 0. The predicted molar refractivity (Wildman–Crippen MR) is 71.2 cm³/mol. The number of nitrogens with one attached hydrogen (secondary N) is 1. The van der Waals surface area contributed by atoms with Crippen LogP contribution in [0.1, 0.15) is 24.2 Å². The minimum absolute atomic E-state index is 0.0159. The molecule has 0 radical (unpaired) electrons. The molecule has 4 N–H and O–H groups in total. The summed E-state index contributed by atoms with van der Waals surface area (Å²) in [5.41, 5.74) is 4.95. The number of nitro benzene ring substituents is 1. The summed E-state index contributed by atoms with van der Waals surface area (Å²) in [6.07, 6.45) is 0. The largest absolute Gasteiger partial charge is 0.480 e. The summed E-state index contributed by atoms with van der Waals surface area (Å²) in [6.45, 7) is 3.29. The van der Waals surface area contributed by atoms with E-state index in [4.69, 9.17) is 10.8 Å². The zero-order valence-electron chi connectivity index (χ0n) is 11.0. The number of anilines is 1. The molecule has 0 aliphatic rings. The number of hydrogen-bond acceptors (Lipinski definition) is 5. The Morgan fingerprint density at radius 1 is 1.40 bits per heavy atom. The Hall–Kier alpha value is -2.64. The van der Waals surface area contributed by atoms with Gasteiger partial charge in [0.25, 0.3) is 11.6 Å². The van der Waals surface area contributed by atoms with E-state index in [0.29, 0.717) is 0 Å². The number of aliphatic carboxylic acids is 1. The minimum Gasteiger partial charge on any atom is -0.480 e. The minimum atomic E-state index is -1.17. The lowest BCUT2D eigenvalue weighted by Crippen LogP contribution is -2.44. The smallest absolute Gasteiger partial charge is 0.326 e. The number of hydrogen-bond donors (Lipinski definition) is 3. The summed E-state index contributed by atoms with van der Waals surface area (Å²) in [5.74, 6) is -2.19. The first-order valence-corrected chi connectivity index (χ1v) is 5.81. The van der Waals surface area contributed by atoms with Crippen LogP contribution in [0.15, 0.2) is 18.2 Å². The van der Waals surface area contributed by atoms with Gasteiger partial charge in [0.05, 0.1) is 4.92 Å². The highest BCUT2D eigenvalue weighted by atomic mass is 16.6. The number of carbonyl (C=O) groups is 2. The van der Waals surface area contributed by atoms with Crippen molar-refractivity contribution in [3.8, 4) is 0 Å². The second kappa shape index (κ2) is 6.00. The fourth-order valence-electron chi connectivity index (χ4n) is 1.58. The Kier molecular flexibility index (Phi) is 4.63. The van der Waals surface area contributed by atoms with E-state index in [1.165, 1.54) is 12.1 Å². The topological polar surface area (TPSA) is 136 Å². The van der Waals surface area contributed by atoms with Gasteiger partial charge in [-0.1, -0.05) is 13.8 Å². The lowest BCUT2D eigenvalue weighted by molar-refractivity contribution is -0.383. The third-order valence-electron chi connectivity index (χ3n) is 2.71. The van der Waals surface area contributed by atoms with Gasteiger partial charge in [-0.05, 0) is 18.1 Å². The third-order valence-corrected chi connectivity index (χ3v) is 2.71. The normalized spacial score (nSPS) is 11.9. The number of carbonyl (C=O) groups excluding carboxylic acids is 1. The molecule has 8 heteroatoms. The van der Waals surface area contributed by atoms with E-state index in [9.17, 15) is 19.7 Å². The van der Waals surface area contributed by atoms with Crippen LogP contribution in [0.3, 0.4) is 0 Å². The summed E-state index contributed by atoms with van der Waals surface area (Å²) in [7, 11) is 0. The Morgan fingerprint density at radius 3 is 2.45 bits per heavy atom. The van der Waals surface area contributed by atoms with Gasteiger partial charge < -0.3 is 16.2 Å². The third kappa shape index (κ3) is 3.44. The molecule has 8 nitrogen and oxygen atoms in total. The van der Waals surface area contributed by atoms with Gasteiger partial charge in [0.1, 0.15) is 11.7 Å². The molecule has 0 aliphatic heterocycles. The first-order chi connectivity index (χ1) is 9.23. The fourth-order valence-corrected chi connectivity index (χ4v) is 1.58. The van der Waals surface area contributed by atoms with Crippen LogP contribution in [0.5, 0.6) is 0 Å². The molecule has 0 saturated carbocycles. The zero-order valence-corrected chi connectivity index (χ0v) is 11.0. The second-order valence-corrected chi connectivity index (χ2v) is 4.56. The van der Waals surface area contributed by atoms with Gasteiger partial charge in [-0.3, -0.25) is 14.9 Å². The van der Waals surface area contributed by atoms with Crippen molar-refractivity contribution < 1.29 is 19.6 Å². The van der Waals surface area contributed by atoms with Crippen molar-refractivity contribution in [2.24, 2.45) is 5.92 Å². The van der Waals surface area contributed by atoms with Crippen LogP contribution in [-0.4, -0.2) is 27.9 Å². The van der Waals surface area contributed by atoms with Crippen LogP contribution in [0.25, 0.3) is 0 Å². The zero-order chi connectivity index (χ0) is 15.4. The first kappa shape index (κ1) is 15.4. The average molecular weight is 281 g/mol. The Morgan fingerprint density at radius 2 is 2.00 bits per heavy atom. The highest BCUT2D eigenvalue weighted by molar-refractivity contribution is 5.97. The molecule has 0 bridgehead atoms. The molecule has 1 unspecified atom stereocenters. The molecular formula is C12H15N3O5. The van der Waals surface area contributed by atoms with E-state index in [0.717, 1.165) is 6.07 Å². The predicted octanol–water partition coefficient (Wildman–Crippen LogP) is 1.02. The van der Waals surface area contributed by atoms with Crippen molar-refractivity contribution in [3.63, 3.8) is 0 Å². The van der Waals surface area contributed by atoms with Crippen molar-refractivity contribution in [3.05, 3.63) is 33.9 Å². The number of nitro groups is 1. The van der Waals surface area contributed by atoms with Gasteiger partial charge in [0.15, 0.2) is 0 Å². The number of benzene rings is 1. The number of rotatable bonds is 5. The van der Waals surface area contributed by atoms with E-state index < -0.39 is 28.5 Å². The molecule has 0 saturated heterocycles. The van der Waals surface area contributed by atoms with Gasteiger partial charge in [-0.15, -0.1) is 0 Å². The van der Waals surface area contributed by atoms with Gasteiger partial charge in [-0.2, -0.15) is 0 Å². The van der Waals surface area contributed by atoms with E-state index in [-0.39, 0.29) is 17.2 Å². The second-order valence-electron chi connectivity index (χ2n) is 4.56. The maximum absolute atomic E-state index is 11.9. The lowest BCUT2D eigenvalue weighted by atomic mass is 10.0. The summed E-state index contributed by atoms with van der Waals surface area (Å²) in [6, 6.07) is 2.48. The fraction of sp³-hybridized carbons (Fsp3) is 0.333. The van der Waals surface area contributed by atoms with E-state index >= 15 is 0 Å². The van der Waals surface area contributed by atoms with E-state index in [1.54, 1.807) is 13.8 Å². The van der Waals surface area contributed by atoms with Crippen LogP contribution < -0.4 is 11.1 Å². The quantitative estimate of drug-likeness (QED) is 0.418. The molecule has 1 aromatic rings. The number of amides is 1. The van der Waals surface area contributed by atoms with Gasteiger partial charge in [-0.25, -0.2) is 4.79 Å². The van der Waals surface area contributed by atoms with Crippen LogP contribution in [-0.2, 0) is 4.79 Å². The summed E-state index contributed by atoms with van der Waals surface area (Å²) in [4.78, 5) is 32.9. The van der Waals surface area contributed by atoms with Crippen molar-refractivity contribution in [2.75, 3.05) is 5.73 Å². The Balaban J connectivity index is 3.01. The van der Waals surface area contributed by atoms with Gasteiger partial charge in [0, 0.05) is 11.6 Å². The Labute approximate surface area is 114 Å². The molecule has 0 aromatic heterocycles. The molecule has 0 spiro atoms. The number of nitrogen functional groups attached to an aromatic ring is 1. The van der Waals surface area contributed by atoms with Crippen LogP contribution in [0.2, 0.25) is 0 Å². The highest BCUT2D eigenvalue weighted by Crippen LogP contribution is 2.22. The number of nitrogens with two attached hydrogens (primary N) is 1. The molecule has 0 aliphatic carbocycles.